The molecule has 0 saturated heterocycles. The molecule has 0 aliphatic heterocycles. The number of hydrogen-bond acceptors (Lipinski definition) is 1. The van der Waals surface area contributed by atoms with Crippen molar-refractivity contribution in [3.05, 3.63) is 49.7 Å². The average molecular weight is 177 g/mol. The van der Waals surface area contributed by atoms with Crippen molar-refractivity contribution >= 4 is 5.71 Å². The summed E-state index contributed by atoms with van der Waals surface area (Å²) in [5.74, 6) is 0. The van der Waals surface area contributed by atoms with Crippen LogP contribution in [0.3, 0.4) is 0 Å². The molecule has 1 nitrogen and oxygen atoms in total. The molecule has 0 heterocycles. The summed E-state index contributed by atoms with van der Waals surface area (Å²) in [6.07, 6.45) is 3.36. The number of aliphatic imine (C=N–C) groups is 1. The Morgan fingerprint density at radius 1 is 1.08 bits per heavy atom. The standard InChI is InChI=1S/C10H15N.C2H4/c1-6-10(8(3)4)9(5)11-7-2;1-2/h6-7H,1-2H2,3-5H3;1-2H2. The molecule has 0 aromatic rings. The van der Waals surface area contributed by atoms with Crippen LogP contribution in [0.1, 0.15) is 20.8 Å². The first kappa shape index (κ1) is 14.2. The van der Waals surface area contributed by atoms with Crippen LogP contribution >= 0.6 is 0 Å². The molecule has 0 aromatic carbocycles. The van der Waals surface area contributed by atoms with E-state index in [1.807, 2.05) is 26.8 Å². The summed E-state index contributed by atoms with van der Waals surface area (Å²) in [6, 6.07) is 0. The molecule has 0 N–H and O–H groups in total. The highest BCUT2D eigenvalue weighted by Gasteiger charge is 1.96. The van der Waals surface area contributed by atoms with E-state index in [2.05, 4.69) is 31.3 Å². The summed E-state index contributed by atoms with van der Waals surface area (Å²) < 4.78 is 0. The van der Waals surface area contributed by atoms with Gasteiger partial charge < -0.3 is 0 Å². The molecule has 0 fully saturated rings. The minimum Gasteiger partial charge on any atom is -0.262 e. The average Bonchev–Trinajstić information content (AvgIpc) is 2.09. The SMILES string of the molecule is C=C.C=CN=C(C)C(C=C)=C(C)C. The lowest BCUT2D eigenvalue weighted by Gasteiger charge is -2.01. The Kier molecular flexibility index (Phi) is 9.51. The van der Waals surface area contributed by atoms with E-state index >= 15 is 0 Å². The zero-order chi connectivity index (χ0) is 10.9. The Balaban J connectivity index is 0. The fourth-order valence-electron chi connectivity index (χ4n) is 0.920. The van der Waals surface area contributed by atoms with Gasteiger partial charge in [0.05, 0.1) is 0 Å². The Labute approximate surface area is 81.9 Å². The molecule has 0 aromatic heterocycles. The predicted molar refractivity (Wildman–Crippen MR) is 63.1 cm³/mol. The molecular formula is C12H19N. The van der Waals surface area contributed by atoms with E-state index in [0.717, 1.165) is 11.3 Å². The van der Waals surface area contributed by atoms with Crippen molar-refractivity contribution in [1.29, 1.82) is 0 Å². The van der Waals surface area contributed by atoms with E-state index in [4.69, 9.17) is 0 Å². The Bertz CT molecular complexity index is 228. The summed E-state index contributed by atoms with van der Waals surface area (Å²) in [4.78, 5) is 4.07. The van der Waals surface area contributed by atoms with Gasteiger partial charge in [0.25, 0.3) is 0 Å². The molecule has 0 aliphatic rings. The number of hydrogen-bond donors (Lipinski definition) is 0. The number of rotatable bonds is 3. The minimum atomic E-state index is 0.968. The fraction of sp³-hybridized carbons (Fsp3) is 0.250. The second kappa shape index (κ2) is 8.72. The highest BCUT2D eigenvalue weighted by Crippen LogP contribution is 2.06. The molecule has 0 radical (unpaired) electrons. The van der Waals surface area contributed by atoms with Gasteiger partial charge in [0.15, 0.2) is 0 Å². The third kappa shape index (κ3) is 5.85. The second-order valence-electron chi connectivity index (χ2n) is 2.51. The Morgan fingerprint density at radius 2 is 1.54 bits per heavy atom. The third-order valence-corrected chi connectivity index (χ3v) is 1.42. The van der Waals surface area contributed by atoms with Gasteiger partial charge in [-0.25, -0.2) is 0 Å². The van der Waals surface area contributed by atoms with Crippen LogP contribution in [0.4, 0.5) is 0 Å². The topological polar surface area (TPSA) is 12.4 Å². The van der Waals surface area contributed by atoms with Gasteiger partial charge in [0, 0.05) is 11.9 Å². The molecular weight excluding hydrogens is 158 g/mol. The molecule has 0 atom stereocenters. The molecule has 0 unspecified atom stereocenters. The lowest BCUT2D eigenvalue weighted by atomic mass is 10.1. The smallest absolute Gasteiger partial charge is 0.0443 e. The predicted octanol–water partition coefficient (Wildman–Crippen LogP) is 3.92. The largest absolute Gasteiger partial charge is 0.262 e. The van der Waals surface area contributed by atoms with Gasteiger partial charge in [-0.1, -0.05) is 24.8 Å². The third-order valence-electron chi connectivity index (χ3n) is 1.42. The van der Waals surface area contributed by atoms with Crippen LogP contribution in [0.15, 0.2) is 54.7 Å². The van der Waals surface area contributed by atoms with E-state index in [1.165, 1.54) is 5.57 Å². The molecule has 0 spiro atoms. The van der Waals surface area contributed by atoms with E-state index in [9.17, 15) is 0 Å². The van der Waals surface area contributed by atoms with Gasteiger partial charge in [0.2, 0.25) is 0 Å². The first-order chi connectivity index (χ1) is 6.13. The van der Waals surface area contributed by atoms with E-state index < -0.39 is 0 Å². The monoisotopic (exact) mass is 177 g/mol. The normalized spacial score (nSPS) is 9.31. The summed E-state index contributed by atoms with van der Waals surface area (Å²) in [6.45, 7) is 19.3. The van der Waals surface area contributed by atoms with Crippen molar-refractivity contribution in [3.8, 4) is 0 Å². The van der Waals surface area contributed by atoms with Gasteiger partial charge in [-0.05, 0) is 26.3 Å². The van der Waals surface area contributed by atoms with Gasteiger partial charge in [-0.3, -0.25) is 4.99 Å². The zero-order valence-corrected chi connectivity index (χ0v) is 8.93. The highest BCUT2D eigenvalue weighted by molar-refractivity contribution is 6.01. The maximum absolute atomic E-state index is 4.07. The van der Waals surface area contributed by atoms with Gasteiger partial charge >= 0.3 is 0 Å². The zero-order valence-electron chi connectivity index (χ0n) is 8.93. The van der Waals surface area contributed by atoms with Gasteiger partial charge in [-0.15, -0.1) is 13.2 Å². The van der Waals surface area contributed by atoms with Crippen molar-refractivity contribution in [2.75, 3.05) is 0 Å². The van der Waals surface area contributed by atoms with Gasteiger partial charge in [-0.2, -0.15) is 0 Å². The summed E-state index contributed by atoms with van der Waals surface area (Å²) >= 11 is 0. The van der Waals surface area contributed by atoms with Crippen LogP contribution in [0, 0.1) is 0 Å². The van der Waals surface area contributed by atoms with Crippen molar-refractivity contribution in [3.63, 3.8) is 0 Å². The first-order valence-corrected chi connectivity index (χ1v) is 4.09. The lowest BCUT2D eigenvalue weighted by molar-refractivity contribution is 1.35. The molecule has 0 bridgehead atoms. The van der Waals surface area contributed by atoms with Crippen LogP contribution in [0.25, 0.3) is 0 Å². The van der Waals surface area contributed by atoms with Crippen molar-refractivity contribution in [2.45, 2.75) is 20.8 Å². The summed E-state index contributed by atoms with van der Waals surface area (Å²) in [7, 11) is 0. The van der Waals surface area contributed by atoms with E-state index in [0.29, 0.717) is 0 Å². The Hall–Kier alpha value is -1.37. The van der Waals surface area contributed by atoms with Crippen molar-refractivity contribution < 1.29 is 0 Å². The lowest BCUT2D eigenvalue weighted by Crippen LogP contribution is -1.95. The van der Waals surface area contributed by atoms with Crippen LogP contribution in [0.2, 0.25) is 0 Å². The maximum atomic E-state index is 4.07. The van der Waals surface area contributed by atoms with E-state index in [1.54, 1.807) is 6.20 Å². The van der Waals surface area contributed by atoms with Crippen molar-refractivity contribution in [1.82, 2.24) is 0 Å². The number of allylic oxidation sites excluding steroid dienone is 3. The van der Waals surface area contributed by atoms with Crippen LogP contribution in [-0.4, -0.2) is 5.71 Å². The first-order valence-electron chi connectivity index (χ1n) is 4.09. The Morgan fingerprint density at radius 3 is 1.77 bits per heavy atom. The molecule has 0 rings (SSSR count). The fourth-order valence-corrected chi connectivity index (χ4v) is 0.920. The summed E-state index contributed by atoms with van der Waals surface area (Å²) in [5.41, 5.74) is 3.29. The van der Waals surface area contributed by atoms with Crippen LogP contribution < -0.4 is 0 Å². The molecule has 0 saturated carbocycles. The van der Waals surface area contributed by atoms with Crippen LogP contribution in [0.5, 0.6) is 0 Å². The molecule has 0 amide bonds. The van der Waals surface area contributed by atoms with Gasteiger partial charge in [0.1, 0.15) is 0 Å². The maximum Gasteiger partial charge on any atom is 0.0443 e. The summed E-state index contributed by atoms with van der Waals surface area (Å²) in [5, 5.41) is 0. The number of nitrogens with zero attached hydrogens (tertiary/aromatic N) is 1. The molecule has 1 heteroatoms. The molecule has 72 valence electrons. The van der Waals surface area contributed by atoms with Crippen molar-refractivity contribution in [2.24, 2.45) is 4.99 Å². The van der Waals surface area contributed by atoms with E-state index in [-0.39, 0.29) is 0 Å². The quantitative estimate of drug-likeness (QED) is 0.352. The molecule has 13 heavy (non-hydrogen) atoms. The minimum absolute atomic E-state index is 0.968. The van der Waals surface area contributed by atoms with Crippen LogP contribution in [-0.2, 0) is 0 Å². The molecule has 0 aliphatic carbocycles. The highest BCUT2D eigenvalue weighted by atomic mass is 14.7. The second-order valence-corrected chi connectivity index (χ2v) is 2.51.